The zero-order valence-electron chi connectivity index (χ0n) is 9.07. The summed E-state index contributed by atoms with van der Waals surface area (Å²) >= 11 is 0. The maximum Gasteiger partial charge on any atom is 0.255 e. The topological polar surface area (TPSA) is 64.9 Å². The number of nitrogens with one attached hydrogen (secondary N) is 1. The Hall–Kier alpha value is -1.24. The van der Waals surface area contributed by atoms with Crippen LogP contribution in [0.25, 0.3) is 0 Å². The number of alkyl halides is 2. The van der Waals surface area contributed by atoms with E-state index in [1.165, 1.54) is 7.05 Å². The zero-order chi connectivity index (χ0) is 12.3. The molecule has 0 bridgehead atoms. The van der Waals surface area contributed by atoms with E-state index in [0.29, 0.717) is 0 Å². The fourth-order valence-electron chi connectivity index (χ4n) is 0.655. The van der Waals surface area contributed by atoms with Gasteiger partial charge in [0.05, 0.1) is 6.54 Å². The van der Waals surface area contributed by atoms with Crippen molar-refractivity contribution < 1.29 is 18.7 Å². The van der Waals surface area contributed by atoms with E-state index < -0.39 is 19.6 Å². The molecule has 0 aliphatic heterocycles. The molecule has 1 amide bonds. The molecule has 0 saturated carbocycles. The van der Waals surface area contributed by atoms with E-state index in [4.69, 9.17) is 5.11 Å². The van der Waals surface area contributed by atoms with Crippen molar-refractivity contribution in [3.63, 3.8) is 0 Å². The Morgan fingerprint density at radius 2 is 2.13 bits per heavy atom. The number of hydrogen-bond acceptors (Lipinski definition) is 3. The minimum atomic E-state index is -2.52. The van der Waals surface area contributed by atoms with E-state index in [0.717, 1.165) is 4.90 Å². The van der Waals surface area contributed by atoms with Crippen LogP contribution in [0.5, 0.6) is 0 Å². The predicted octanol–water partition coefficient (Wildman–Crippen LogP) is 0.261. The molecule has 0 aliphatic rings. The number of halogens is 2. The molecule has 15 heavy (non-hydrogen) atoms. The normalized spacial score (nSPS) is 10.5. The monoisotopic (exact) mass is 225 g/mol. The van der Waals surface area contributed by atoms with Gasteiger partial charge < -0.3 is 10.0 Å². The van der Waals surface area contributed by atoms with E-state index in [2.05, 4.69) is 5.10 Å². The van der Waals surface area contributed by atoms with Gasteiger partial charge in [-0.15, -0.1) is 0 Å². The standard InChI is InChI=1S/C6H11F2N3O2.C2H6/c1-11(2-5(7)8)6(3-12)10-9-4-13;1-2/h4-5,12H,2-3H2,1H3,(H,9,13);1-2H3/b10-6-;. The molecule has 0 rings (SSSR count). The Labute approximate surface area is 87.8 Å². The number of aliphatic hydroxyl groups excluding tert-OH is 1. The van der Waals surface area contributed by atoms with Gasteiger partial charge in [0.25, 0.3) is 6.43 Å². The molecule has 0 aromatic heterocycles. The molecule has 0 aromatic rings. The maximum atomic E-state index is 11.8. The van der Waals surface area contributed by atoms with Crippen molar-refractivity contribution in [1.29, 1.82) is 0 Å². The number of aliphatic hydroxyl groups is 1. The summed E-state index contributed by atoms with van der Waals surface area (Å²) in [6.45, 7) is 2.95. The van der Waals surface area contributed by atoms with Crippen LogP contribution < -0.4 is 5.43 Å². The number of hydrazone groups is 1. The van der Waals surface area contributed by atoms with Gasteiger partial charge in [0, 0.05) is 7.05 Å². The van der Waals surface area contributed by atoms with Crippen molar-refractivity contribution in [2.45, 2.75) is 20.3 Å². The molecular weight excluding hydrogens is 208 g/mol. The molecule has 0 heterocycles. The van der Waals surface area contributed by atoms with Gasteiger partial charge >= 0.3 is 0 Å². The fraction of sp³-hybridized carbons (Fsp3) is 0.750. The summed E-state index contributed by atoms with van der Waals surface area (Å²) in [5.74, 6) is -0.0209. The average Bonchev–Trinajstić information content (AvgIpc) is 2.21. The van der Waals surface area contributed by atoms with Gasteiger partial charge in [-0.25, -0.2) is 14.2 Å². The maximum absolute atomic E-state index is 11.8. The van der Waals surface area contributed by atoms with Gasteiger partial charge in [-0.2, -0.15) is 5.10 Å². The highest BCUT2D eigenvalue weighted by molar-refractivity contribution is 5.83. The van der Waals surface area contributed by atoms with Crippen LogP contribution in [-0.4, -0.2) is 48.9 Å². The van der Waals surface area contributed by atoms with Crippen molar-refractivity contribution in [2.75, 3.05) is 20.2 Å². The highest BCUT2D eigenvalue weighted by Gasteiger charge is 2.11. The lowest BCUT2D eigenvalue weighted by Gasteiger charge is -2.18. The molecule has 0 radical (unpaired) electrons. The summed E-state index contributed by atoms with van der Waals surface area (Å²) in [5.41, 5.74) is 1.91. The van der Waals surface area contributed by atoms with E-state index in [1.54, 1.807) is 0 Å². The Kier molecular flexibility index (Phi) is 11.7. The van der Waals surface area contributed by atoms with Crippen LogP contribution in [-0.2, 0) is 4.79 Å². The van der Waals surface area contributed by atoms with Gasteiger partial charge in [-0.05, 0) is 0 Å². The first-order chi connectivity index (χ1) is 7.11. The highest BCUT2D eigenvalue weighted by Crippen LogP contribution is 1.96. The third kappa shape index (κ3) is 9.07. The van der Waals surface area contributed by atoms with Gasteiger partial charge in [0.15, 0.2) is 5.84 Å². The van der Waals surface area contributed by atoms with Gasteiger partial charge in [-0.3, -0.25) is 4.79 Å². The number of carbonyl (C=O) groups is 1. The third-order valence-electron chi connectivity index (χ3n) is 1.24. The number of carbonyl (C=O) groups excluding carboxylic acids is 1. The smallest absolute Gasteiger partial charge is 0.255 e. The summed E-state index contributed by atoms with van der Waals surface area (Å²) in [4.78, 5) is 10.9. The lowest BCUT2D eigenvalue weighted by Crippen LogP contribution is -2.35. The lowest BCUT2D eigenvalue weighted by molar-refractivity contribution is -0.109. The van der Waals surface area contributed by atoms with E-state index in [-0.39, 0.29) is 12.2 Å². The van der Waals surface area contributed by atoms with Crippen molar-refractivity contribution in [1.82, 2.24) is 10.3 Å². The molecule has 90 valence electrons. The van der Waals surface area contributed by atoms with Crippen LogP contribution in [0.15, 0.2) is 5.10 Å². The SMILES string of the molecule is CC.CN(CC(F)F)/C(CO)=N\NC=O. The number of amidine groups is 1. The quantitative estimate of drug-likeness (QED) is 0.305. The third-order valence-corrected chi connectivity index (χ3v) is 1.24. The summed E-state index contributed by atoms with van der Waals surface area (Å²) in [5, 5.41) is 12.0. The van der Waals surface area contributed by atoms with Crippen molar-refractivity contribution in [3.8, 4) is 0 Å². The molecule has 0 aliphatic carbocycles. The second kappa shape index (κ2) is 10.8. The zero-order valence-corrected chi connectivity index (χ0v) is 9.07. The first kappa shape index (κ1) is 16.2. The Bertz CT molecular complexity index is 189. The number of likely N-dealkylation sites (N-methyl/N-ethyl adjacent to an activating group) is 1. The molecule has 7 heteroatoms. The second-order valence-corrected chi connectivity index (χ2v) is 2.20. The molecule has 0 unspecified atom stereocenters. The largest absolute Gasteiger partial charge is 0.388 e. The van der Waals surface area contributed by atoms with Gasteiger partial charge in [0.1, 0.15) is 6.61 Å². The summed E-state index contributed by atoms with van der Waals surface area (Å²) < 4.78 is 23.7. The van der Waals surface area contributed by atoms with Crippen LogP contribution in [0.2, 0.25) is 0 Å². The number of nitrogens with zero attached hydrogens (tertiary/aromatic N) is 2. The molecular formula is C8H17F2N3O2. The Morgan fingerprint density at radius 3 is 2.47 bits per heavy atom. The van der Waals surface area contributed by atoms with Crippen LogP contribution in [0.3, 0.4) is 0 Å². The molecule has 0 spiro atoms. The van der Waals surface area contributed by atoms with E-state index in [9.17, 15) is 13.6 Å². The Balaban J connectivity index is 0. The predicted molar refractivity (Wildman–Crippen MR) is 53.7 cm³/mol. The summed E-state index contributed by atoms with van der Waals surface area (Å²) in [7, 11) is 1.34. The van der Waals surface area contributed by atoms with Crippen molar-refractivity contribution >= 4 is 12.2 Å². The van der Waals surface area contributed by atoms with Crippen molar-refractivity contribution in [2.24, 2.45) is 5.10 Å². The van der Waals surface area contributed by atoms with Gasteiger partial charge in [-0.1, -0.05) is 13.8 Å². The number of rotatable bonds is 5. The van der Waals surface area contributed by atoms with Crippen LogP contribution in [0, 0.1) is 0 Å². The first-order valence-electron chi connectivity index (χ1n) is 4.47. The first-order valence-corrected chi connectivity index (χ1v) is 4.47. The molecule has 2 N–H and O–H groups in total. The minimum Gasteiger partial charge on any atom is -0.388 e. The molecule has 0 saturated heterocycles. The highest BCUT2D eigenvalue weighted by atomic mass is 19.3. The van der Waals surface area contributed by atoms with Crippen LogP contribution in [0.1, 0.15) is 13.8 Å². The fourth-order valence-corrected chi connectivity index (χ4v) is 0.655. The lowest BCUT2D eigenvalue weighted by atomic mass is 10.5. The summed E-state index contributed by atoms with van der Waals surface area (Å²) in [6.07, 6.45) is -2.23. The van der Waals surface area contributed by atoms with Crippen LogP contribution in [0.4, 0.5) is 8.78 Å². The average molecular weight is 225 g/mol. The molecule has 0 fully saturated rings. The summed E-state index contributed by atoms with van der Waals surface area (Å²) in [6, 6.07) is 0. The van der Waals surface area contributed by atoms with E-state index in [1.807, 2.05) is 19.3 Å². The molecule has 0 atom stereocenters. The molecule has 0 aromatic carbocycles. The Morgan fingerprint density at radius 1 is 1.60 bits per heavy atom. The minimum absolute atomic E-state index is 0.0209. The molecule has 5 nitrogen and oxygen atoms in total. The number of hydrogen-bond donors (Lipinski definition) is 2. The van der Waals surface area contributed by atoms with Gasteiger partial charge in [0.2, 0.25) is 6.41 Å². The van der Waals surface area contributed by atoms with Crippen LogP contribution >= 0.6 is 0 Å². The second-order valence-electron chi connectivity index (χ2n) is 2.20. The number of amides is 1. The van der Waals surface area contributed by atoms with E-state index >= 15 is 0 Å². The van der Waals surface area contributed by atoms with Crippen molar-refractivity contribution in [3.05, 3.63) is 0 Å².